The number of hydrogen-bond donors (Lipinski definition) is 8. The summed E-state index contributed by atoms with van der Waals surface area (Å²) in [7, 11) is 5.95. The second kappa shape index (κ2) is 35.1. The molecule has 0 aliphatic carbocycles. The van der Waals surface area contributed by atoms with Crippen molar-refractivity contribution in [1.82, 2.24) is 81.5 Å². The van der Waals surface area contributed by atoms with Gasteiger partial charge in [0.2, 0.25) is 47.3 Å². The Balaban J connectivity index is 0.930. The smallest absolute Gasteiger partial charge is 0.326 e. The predicted octanol–water partition coefficient (Wildman–Crippen LogP) is 4.19. The molecule has 110 heavy (non-hydrogen) atoms. The normalized spacial score (nSPS) is 21.6. The molecule has 30 heteroatoms. The number of aromatic nitrogens is 6. The molecule has 8 N–H and O–H groups in total. The van der Waals surface area contributed by atoms with Crippen LogP contribution >= 0.6 is 0 Å². The third-order valence-corrected chi connectivity index (χ3v) is 21.1. The minimum atomic E-state index is -1.46. The molecule has 8 aromatic rings. The summed E-state index contributed by atoms with van der Waals surface area (Å²) in [6.45, 7) is 9.96. The number of ether oxygens (including phenoxy) is 2. The fraction of sp³-hybridized carbons (Fsp3) is 0.425. The zero-order valence-corrected chi connectivity index (χ0v) is 63.3. The third kappa shape index (κ3) is 18.7. The van der Waals surface area contributed by atoms with Crippen LogP contribution in [0.3, 0.4) is 0 Å². The third-order valence-electron chi connectivity index (χ3n) is 21.1. The number of amides is 8. The van der Waals surface area contributed by atoms with Crippen molar-refractivity contribution in [1.29, 1.82) is 0 Å². The molecular weight excluding hydrogens is 1410 g/mol. The molecule has 6 aliphatic heterocycles. The van der Waals surface area contributed by atoms with E-state index in [1.54, 1.807) is 117 Å². The van der Waals surface area contributed by atoms with Crippen LogP contribution < -0.4 is 41.4 Å². The second-order valence-corrected chi connectivity index (χ2v) is 29.4. The number of rotatable bonds is 16. The van der Waals surface area contributed by atoms with Crippen LogP contribution in [0.15, 0.2) is 146 Å². The number of likely N-dealkylation sites (tertiary alicyclic amines) is 2. The lowest BCUT2D eigenvalue weighted by Crippen LogP contribution is -2.59. The Morgan fingerprint density at radius 2 is 0.873 bits per heavy atom. The molecule has 0 unspecified atom stereocenters. The summed E-state index contributed by atoms with van der Waals surface area (Å²) >= 11 is 0. The maximum absolute atomic E-state index is 15.3. The van der Waals surface area contributed by atoms with Gasteiger partial charge in [-0.2, -0.15) is 0 Å². The molecule has 8 amide bonds. The fourth-order valence-corrected chi connectivity index (χ4v) is 14.2. The number of carbonyl (C=O) groups is 10. The van der Waals surface area contributed by atoms with Crippen molar-refractivity contribution >= 4 is 80.7 Å². The van der Waals surface area contributed by atoms with Gasteiger partial charge in [-0.05, 0) is 108 Å². The van der Waals surface area contributed by atoms with E-state index in [2.05, 4.69) is 52.5 Å². The summed E-state index contributed by atoms with van der Waals surface area (Å²) in [6.07, 6.45) is 2.65. The number of carboxylic acid groups (broad SMARTS) is 2. The van der Waals surface area contributed by atoms with Crippen molar-refractivity contribution in [2.24, 2.45) is 11.8 Å². The first-order chi connectivity index (χ1) is 52.6. The van der Waals surface area contributed by atoms with Crippen molar-refractivity contribution in [2.75, 3.05) is 41.3 Å². The molecular formula is C80H96N16O14. The van der Waals surface area contributed by atoms with Crippen LogP contribution in [0.25, 0.3) is 21.5 Å². The zero-order chi connectivity index (χ0) is 78.8. The van der Waals surface area contributed by atoms with Crippen LogP contribution in [0.4, 0.5) is 0 Å². The minimum Gasteiger partial charge on any atom is -0.487 e. The molecule has 6 aromatic carbocycles. The SMILES string of the molecule is CN[C@@H](C)C(=O)N[C@H](C(=O)N1C[C@@H]2C[C@H]1C(=O)N[C@@H](Cc1ccc3ccccc3c1)C(=O)N(C)[C@H](C(=O)O)Cc1ccc(cc1)OCc1cn(nn1)[C@H]1C[C@@H](C(=O)N[C@@H](Cc3ccc4ccccc4c3)C(=O)N(C)[C@H](C(=O)O)Cc3ccc(cc3)OCc3cn2nn3)N(C(=O)[C@@H](NC(=O)[C@H](C)NC)C(C)C)C1)C(C)C. The van der Waals surface area contributed by atoms with E-state index >= 15 is 28.8 Å². The predicted molar refractivity (Wildman–Crippen MR) is 405 cm³/mol. The van der Waals surface area contributed by atoms with Crippen molar-refractivity contribution in [3.63, 3.8) is 0 Å². The van der Waals surface area contributed by atoms with Crippen LogP contribution in [0, 0.1) is 11.8 Å². The maximum Gasteiger partial charge on any atom is 0.326 e. The van der Waals surface area contributed by atoms with Crippen LogP contribution in [-0.4, -0.2) is 221 Å². The summed E-state index contributed by atoms with van der Waals surface area (Å²) in [6, 6.07) is 26.5. The first-order valence-corrected chi connectivity index (χ1v) is 37.0. The quantitative estimate of drug-likeness (QED) is 0.0672. The number of likely N-dealkylation sites (N-methyl/N-ethyl adjacent to an activating group) is 4. The van der Waals surface area contributed by atoms with E-state index in [9.17, 15) is 29.4 Å². The highest BCUT2D eigenvalue weighted by atomic mass is 16.5. The van der Waals surface area contributed by atoms with Gasteiger partial charge >= 0.3 is 11.9 Å². The van der Waals surface area contributed by atoms with Crippen molar-refractivity contribution < 1.29 is 67.6 Å². The van der Waals surface area contributed by atoms with E-state index in [0.717, 1.165) is 31.3 Å². The number of fused-ring (bicyclic) bond motifs is 2. The molecule has 0 spiro atoms. The Bertz CT molecular complexity index is 4390. The van der Waals surface area contributed by atoms with Gasteiger partial charge in [0.1, 0.15) is 84.4 Å². The fourth-order valence-electron chi connectivity index (χ4n) is 14.2. The number of nitrogens with one attached hydrogen (secondary N) is 6. The first-order valence-electron chi connectivity index (χ1n) is 37.0. The lowest BCUT2D eigenvalue weighted by atomic mass is 9.98. The van der Waals surface area contributed by atoms with Crippen LogP contribution in [-0.2, 0) is 86.8 Å². The van der Waals surface area contributed by atoms with Crippen molar-refractivity contribution in [3.8, 4) is 11.5 Å². The number of aliphatic carboxylic acids is 2. The minimum absolute atomic E-state index is 0.0302. The monoisotopic (exact) mass is 1500 g/mol. The highest BCUT2D eigenvalue weighted by Gasteiger charge is 2.48. The molecule has 30 nitrogen and oxygen atoms in total. The molecule has 6 aliphatic rings. The topological polar surface area (TPSA) is 376 Å². The summed E-state index contributed by atoms with van der Waals surface area (Å²) in [5, 5.41) is 60.5. The first kappa shape index (κ1) is 79.4. The Kier molecular flexibility index (Phi) is 25.4. The molecule has 580 valence electrons. The highest BCUT2D eigenvalue weighted by Crippen LogP contribution is 2.33. The number of carboxylic acids is 2. The van der Waals surface area contributed by atoms with Crippen LogP contribution in [0.2, 0.25) is 0 Å². The van der Waals surface area contributed by atoms with Gasteiger partial charge in [0.15, 0.2) is 0 Å². The number of hydrogen-bond acceptors (Lipinski definition) is 18. The van der Waals surface area contributed by atoms with E-state index < -0.39 is 144 Å². The summed E-state index contributed by atoms with van der Waals surface area (Å²) in [5.74, 6) is -7.78. The van der Waals surface area contributed by atoms with Crippen LogP contribution in [0.1, 0.15) is 100 Å². The van der Waals surface area contributed by atoms with Gasteiger partial charge in [-0.1, -0.05) is 147 Å². The Morgan fingerprint density at radius 3 is 1.22 bits per heavy atom. The molecule has 14 rings (SSSR count). The molecule has 12 atom stereocenters. The Hall–Kier alpha value is -11.7. The largest absolute Gasteiger partial charge is 0.487 e. The number of benzene rings is 6. The standard InChI is InChI=1S/C80H96N16O14/c1-45(2)69(85-71(97)47(5)81-7)77(103)93-41-59-37-65(93)73(99)83-63(33-51-19-25-53-15-11-13-17-55(53)31-51)75(101)91(9)67(79(105)106)35-49-23-29-62(30-24-49)110-44-58-40-96(90-88-58)60-38-66(94(42-60)78(104)70(46(3)4)86-72(98)48(6)82-8)74(100)84-64(34-52-20-26-54-16-12-14-18-56(54)32-52)76(102)92(10)68(80(107)108)36-50-21-27-61(28-22-50)109-43-57-39-95(59)89-87-57/h11-32,39-40,45-48,59-60,63-70,81-82H,33-38,41-44H2,1-10H3,(H,83,99)(H,84,100)(H,85,97)(H,86,98)(H,105,106)(H,107,108)/t47-,48-,59-,60-,63-,64-,65-,66-,67-,68-,69-,70-/m0/s1. The highest BCUT2D eigenvalue weighted by molar-refractivity contribution is 5.98. The maximum atomic E-state index is 15.3. The van der Waals surface area contributed by atoms with Crippen molar-refractivity contribution in [2.45, 2.75) is 166 Å². The van der Waals surface area contributed by atoms with E-state index in [-0.39, 0.29) is 64.8 Å². The van der Waals surface area contributed by atoms with E-state index in [1.807, 2.05) is 84.9 Å². The van der Waals surface area contributed by atoms with Gasteiger partial charge in [0, 0.05) is 65.7 Å². The summed E-state index contributed by atoms with van der Waals surface area (Å²) in [5.41, 5.74) is 3.03. The second-order valence-electron chi connectivity index (χ2n) is 29.4. The zero-order valence-electron chi connectivity index (χ0n) is 63.3. The summed E-state index contributed by atoms with van der Waals surface area (Å²) < 4.78 is 15.4. The van der Waals surface area contributed by atoms with E-state index in [4.69, 9.17) is 9.47 Å². The lowest BCUT2D eigenvalue weighted by Gasteiger charge is -2.33. The van der Waals surface area contributed by atoms with Gasteiger partial charge in [0.05, 0.1) is 36.6 Å². The molecule has 2 saturated heterocycles. The molecule has 12 bridgehead atoms. The number of carbonyl (C=O) groups excluding carboxylic acids is 8. The van der Waals surface area contributed by atoms with Gasteiger partial charge in [-0.3, -0.25) is 38.4 Å². The van der Waals surface area contributed by atoms with Crippen LogP contribution in [0.5, 0.6) is 11.5 Å². The van der Waals surface area contributed by atoms with Gasteiger partial charge < -0.3 is 71.2 Å². The van der Waals surface area contributed by atoms with Gasteiger partial charge in [-0.15, -0.1) is 10.2 Å². The molecule has 8 heterocycles. The number of nitrogens with zero attached hydrogens (tertiary/aromatic N) is 10. The van der Waals surface area contributed by atoms with Gasteiger partial charge in [-0.25, -0.2) is 19.0 Å². The Labute approximate surface area is 636 Å². The summed E-state index contributed by atoms with van der Waals surface area (Å²) in [4.78, 5) is 150. The molecule has 2 aromatic heterocycles. The lowest BCUT2D eigenvalue weighted by molar-refractivity contribution is -0.150. The van der Waals surface area contributed by atoms with E-state index in [1.165, 1.54) is 33.3 Å². The Morgan fingerprint density at radius 1 is 0.509 bits per heavy atom. The average molecular weight is 1510 g/mol. The molecule has 2 fully saturated rings. The van der Waals surface area contributed by atoms with Crippen molar-refractivity contribution in [3.05, 3.63) is 179 Å². The molecule has 0 saturated carbocycles. The molecule has 0 radical (unpaired) electrons. The van der Waals surface area contributed by atoms with Gasteiger partial charge in [0.25, 0.3) is 0 Å². The van der Waals surface area contributed by atoms with E-state index in [0.29, 0.717) is 45.1 Å². The average Bonchev–Trinajstić information content (AvgIpc) is 1.44.